The van der Waals surface area contributed by atoms with Crippen LogP contribution in [0.5, 0.6) is 0 Å². The molecule has 0 spiro atoms. The van der Waals surface area contributed by atoms with Crippen LogP contribution in [-0.2, 0) is 19.3 Å². The first-order valence-corrected chi connectivity index (χ1v) is 16.5. The number of furan rings is 1. The van der Waals surface area contributed by atoms with Crippen LogP contribution in [0.25, 0.3) is 22.4 Å². The minimum atomic E-state index is -3.68. The number of nitrogens with one attached hydrogen (secondary N) is 2. The topological polar surface area (TPSA) is 120 Å². The van der Waals surface area contributed by atoms with Crippen molar-refractivity contribution in [3.8, 4) is 11.3 Å². The van der Waals surface area contributed by atoms with Crippen molar-refractivity contribution in [2.45, 2.75) is 71.5 Å². The molecule has 3 heterocycles. The molecule has 1 saturated heterocycles. The van der Waals surface area contributed by atoms with Crippen LogP contribution in [0, 0.1) is 9.39 Å². The predicted octanol–water partition coefficient (Wildman–Crippen LogP) is 6.48. The van der Waals surface area contributed by atoms with Crippen LogP contribution in [0.2, 0.25) is 0 Å². The molecule has 3 aromatic rings. The first-order chi connectivity index (χ1) is 19.6. The van der Waals surface area contributed by atoms with Crippen LogP contribution in [0.4, 0.5) is 10.2 Å². The summed E-state index contributed by atoms with van der Waals surface area (Å²) in [6.45, 7) is 10.1. The van der Waals surface area contributed by atoms with E-state index in [9.17, 15) is 17.6 Å². The molecule has 2 N–H and O–H groups in total. The van der Waals surface area contributed by atoms with Crippen LogP contribution >= 0.6 is 22.6 Å². The number of fused-ring (bicyclic) bond motifs is 1. The van der Waals surface area contributed by atoms with Gasteiger partial charge in [0, 0.05) is 12.6 Å². The molecule has 0 bridgehead atoms. The third-order valence-electron chi connectivity index (χ3n) is 7.66. The van der Waals surface area contributed by atoms with Gasteiger partial charge < -0.3 is 19.0 Å². The van der Waals surface area contributed by atoms with Crippen molar-refractivity contribution in [1.29, 1.82) is 0 Å². The van der Waals surface area contributed by atoms with Gasteiger partial charge in [-0.1, -0.05) is 12.5 Å². The summed E-state index contributed by atoms with van der Waals surface area (Å²) >= 11 is 1.97. The van der Waals surface area contributed by atoms with Crippen molar-refractivity contribution in [3.63, 3.8) is 0 Å². The zero-order valence-corrected chi connectivity index (χ0v) is 27.6. The Morgan fingerprint density at radius 2 is 1.74 bits per heavy atom. The number of carbonyl (C=O) groups is 1. The number of anilines is 1. The van der Waals surface area contributed by atoms with Crippen molar-refractivity contribution in [2.24, 2.45) is 0 Å². The average Bonchev–Trinajstić information content (AvgIpc) is 3.38. The first kappa shape index (κ1) is 32.4. The van der Waals surface area contributed by atoms with E-state index in [1.54, 1.807) is 6.07 Å². The van der Waals surface area contributed by atoms with Gasteiger partial charge in [0.2, 0.25) is 15.7 Å². The molecule has 1 amide bonds. The maximum Gasteiger partial charge on any atom is 0.489 e. The quantitative estimate of drug-likeness (QED) is 0.133. The lowest BCUT2D eigenvalue weighted by Gasteiger charge is -2.32. The SMILES string of the molecule is CNC(=O)c1c(-c2ccc(F)cc2)oc2nc(NS(=O)(=O)CCCCC/C=C(/C)B3OC(C)(C)C(C)(C)O3)c(I)cc12. The summed E-state index contributed by atoms with van der Waals surface area (Å²) in [5, 5.41) is 3.01. The normalized spacial score (nSPS) is 16.7. The predicted molar refractivity (Wildman–Crippen MR) is 171 cm³/mol. The molecule has 2 aromatic heterocycles. The van der Waals surface area contributed by atoms with Crippen molar-refractivity contribution < 1.29 is 31.3 Å². The number of pyridine rings is 1. The van der Waals surface area contributed by atoms with Gasteiger partial charge in [-0.15, -0.1) is 0 Å². The summed E-state index contributed by atoms with van der Waals surface area (Å²) in [5.74, 6) is -0.554. The molecule has 0 radical (unpaired) electrons. The number of sulfonamides is 1. The smallest absolute Gasteiger partial charge is 0.437 e. The third kappa shape index (κ3) is 7.17. The molecule has 0 unspecified atom stereocenters. The number of amides is 1. The highest BCUT2D eigenvalue weighted by Gasteiger charge is 2.51. The summed E-state index contributed by atoms with van der Waals surface area (Å²) < 4.78 is 60.3. The van der Waals surface area contributed by atoms with E-state index in [2.05, 4.69) is 21.1 Å². The fraction of sp³-hybridized carbons (Fsp3) is 0.448. The molecule has 13 heteroatoms. The first-order valence-electron chi connectivity index (χ1n) is 13.8. The van der Waals surface area contributed by atoms with Crippen molar-refractivity contribution >= 4 is 62.6 Å². The number of benzene rings is 1. The Morgan fingerprint density at radius 1 is 1.10 bits per heavy atom. The molecule has 42 heavy (non-hydrogen) atoms. The maximum absolute atomic E-state index is 13.5. The monoisotopic (exact) mass is 711 g/mol. The van der Waals surface area contributed by atoms with Gasteiger partial charge in [-0.25, -0.2) is 12.8 Å². The summed E-state index contributed by atoms with van der Waals surface area (Å²) in [5.41, 5.74) is 1.06. The Hall–Kier alpha value is -2.49. The number of allylic oxidation sites excluding steroid dienone is 2. The molecule has 226 valence electrons. The molecule has 0 saturated carbocycles. The molecule has 0 aliphatic carbocycles. The summed E-state index contributed by atoms with van der Waals surface area (Å²) in [7, 11) is -2.57. The lowest BCUT2D eigenvalue weighted by atomic mass is 9.79. The van der Waals surface area contributed by atoms with Gasteiger partial charge in [-0.2, -0.15) is 4.98 Å². The number of rotatable bonds is 11. The Bertz CT molecular complexity index is 1590. The van der Waals surface area contributed by atoms with E-state index < -0.39 is 21.7 Å². The number of aromatic nitrogens is 1. The second-order valence-corrected chi connectivity index (χ2v) is 14.4. The Balaban J connectivity index is 1.38. The molecular weight excluding hydrogens is 675 g/mol. The summed E-state index contributed by atoms with van der Waals surface area (Å²) in [6.07, 6.45) is 4.92. The molecule has 1 aliphatic rings. The molecule has 4 rings (SSSR count). The average molecular weight is 711 g/mol. The lowest BCUT2D eigenvalue weighted by Crippen LogP contribution is -2.41. The summed E-state index contributed by atoms with van der Waals surface area (Å²) in [4.78, 5) is 17.1. The molecule has 1 aliphatic heterocycles. The minimum Gasteiger partial charge on any atom is -0.437 e. The number of unbranched alkanes of at least 4 members (excludes halogenated alkanes) is 3. The highest BCUT2D eigenvalue weighted by molar-refractivity contribution is 14.1. The van der Waals surface area contributed by atoms with Crippen molar-refractivity contribution in [2.75, 3.05) is 17.5 Å². The number of hydrogen-bond acceptors (Lipinski definition) is 7. The molecule has 0 atom stereocenters. The largest absolute Gasteiger partial charge is 0.489 e. The Labute approximate surface area is 260 Å². The molecule has 1 aromatic carbocycles. The zero-order valence-electron chi connectivity index (χ0n) is 24.6. The molecular formula is C29H36BFIN3O6S. The van der Waals surface area contributed by atoms with Gasteiger partial charge in [-0.05, 0) is 112 Å². The van der Waals surface area contributed by atoms with E-state index in [4.69, 9.17) is 13.7 Å². The summed E-state index contributed by atoms with van der Waals surface area (Å²) in [6, 6.07) is 7.19. The van der Waals surface area contributed by atoms with E-state index in [1.165, 1.54) is 31.3 Å². The second-order valence-electron chi connectivity index (χ2n) is 11.4. The van der Waals surface area contributed by atoms with Crippen LogP contribution in [0.1, 0.15) is 70.7 Å². The van der Waals surface area contributed by atoms with Gasteiger partial charge in [0.05, 0.1) is 31.5 Å². The fourth-order valence-corrected chi connectivity index (χ4v) is 6.38. The van der Waals surface area contributed by atoms with Gasteiger partial charge in [0.15, 0.2) is 5.82 Å². The van der Waals surface area contributed by atoms with Crippen molar-refractivity contribution in [3.05, 3.63) is 56.8 Å². The van der Waals surface area contributed by atoms with E-state index in [-0.39, 0.29) is 46.9 Å². The Kier molecular flexibility index (Phi) is 9.75. The number of halogens is 2. The van der Waals surface area contributed by atoms with E-state index >= 15 is 0 Å². The van der Waals surface area contributed by atoms with Gasteiger partial charge in [0.25, 0.3) is 5.91 Å². The van der Waals surface area contributed by atoms with Crippen LogP contribution in [-0.4, -0.2) is 50.4 Å². The zero-order chi connectivity index (χ0) is 30.9. The standard InChI is InChI=1S/C29H36BFIN3O6S/c1-18(30-40-28(2,3)29(4,5)41-30)11-9-7-8-10-16-42(37,38)35-25-22(32)17-21-23(26(36)33-6)24(39-27(21)34-25)19-12-14-20(31)15-13-19/h11-15,17H,7-10,16H2,1-6H3,(H,33,36)(H,34,35)/b18-11-. The highest BCUT2D eigenvalue weighted by Crippen LogP contribution is 2.39. The fourth-order valence-electron chi connectivity index (χ4n) is 4.49. The maximum atomic E-state index is 13.5. The van der Waals surface area contributed by atoms with E-state index in [0.29, 0.717) is 20.9 Å². The van der Waals surface area contributed by atoms with E-state index in [1.807, 2.05) is 57.2 Å². The van der Waals surface area contributed by atoms with Gasteiger partial charge >= 0.3 is 7.12 Å². The van der Waals surface area contributed by atoms with Crippen LogP contribution in [0.15, 0.2) is 46.3 Å². The number of carbonyl (C=O) groups excluding carboxylic acids is 1. The second kappa shape index (κ2) is 12.6. The van der Waals surface area contributed by atoms with Crippen molar-refractivity contribution in [1.82, 2.24) is 10.3 Å². The molecule has 1 fully saturated rings. The third-order valence-corrected chi connectivity index (χ3v) is 9.81. The number of nitrogens with zero attached hydrogens (tertiary/aromatic N) is 1. The Morgan fingerprint density at radius 3 is 2.36 bits per heavy atom. The molecule has 9 nitrogen and oxygen atoms in total. The minimum absolute atomic E-state index is 0.0643. The van der Waals surface area contributed by atoms with E-state index in [0.717, 1.165) is 24.7 Å². The lowest BCUT2D eigenvalue weighted by molar-refractivity contribution is 0.00578. The van der Waals surface area contributed by atoms with Gasteiger partial charge in [-0.3, -0.25) is 9.52 Å². The number of hydrogen-bond donors (Lipinski definition) is 2. The van der Waals surface area contributed by atoms with Gasteiger partial charge in [0.1, 0.15) is 11.6 Å². The van der Waals surface area contributed by atoms with Crippen LogP contribution in [0.3, 0.4) is 0 Å². The van der Waals surface area contributed by atoms with Crippen LogP contribution < -0.4 is 10.0 Å². The highest BCUT2D eigenvalue weighted by atomic mass is 127.